The maximum atomic E-state index is 10.6. The van der Waals surface area contributed by atoms with Crippen molar-refractivity contribution < 1.29 is 23.1 Å². The van der Waals surface area contributed by atoms with Crippen molar-refractivity contribution in [3.63, 3.8) is 0 Å². The fourth-order valence-electron chi connectivity index (χ4n) is 3.91. The number of hydrogen-bond acceptors (Lipinski definition) is 5. The van der Waals surface area contributed by atoms with Gasteiger partial charge in [-0.2, -0.15) is 13.2 Å². The monoisotopic (exact) mass is 374 g/mol. The number of fused-ring (bicyclic) bond motifs is 1. The van der Waals surface area contributed by atoms with Gasteiger partial charge in [-0.15, -0.1) is 0 Å². The molecule has 2 heterocycles. The number of carboxylic acids is 1. The number of halogens is 3. The van der Waals surface area contributed by atoms with Crippen molar-refractivity contribution in [2.75, 3.05) is 38.6 Å². The van der Waals surface area contributed by atoms with Crippen molar-refractivity contribution in [2.45, 2.75) is 25.4 Å². The van der Waals surface area contributed by atoms with E-state index in [0.29, 0.717) is 0 Å². The van der Waals surface area contributed by atoms with Gasteiger partial charge in [-0.1, -0.05) is 6.42 Å². The predicted octanol–water partition coefficient (Wildman–Crippen LogP) is 2.52. The van der Waals surface area contributed by atoms with E-state index in [1.165, 1.54) is 25.8 Å². The normalized spacial score (nSPS) is 25.5. The number of hydrogen-bond donors (Lipinski definition) is 1. The van der Waals surface area contributed by atoms with Gasteiger partial charge in [0.2, 0.25) is 5.95 Å². The minimum atomic E-state index is -5.08. The lowest BCUT2D eigenvalue weighted by atomic mass is 9.74. The van der Waals surface area contributed by atoms with Crippen LogP contribution in [0.25, 0.3) is 0 Å². The lowest BCUT2D eigenvalue weighted by molar-refractivity contribution is -0.192. The van der Waals surface area contributed by atoms with E-state index in [4.69, 9.17) is 9.90 Å². The Labute approximate surface area is 151 Å². The lowest BCUT2D eigenvalue weighted by Gasteiger charge is -2.34. The van der Waals surface area contributed by atoms with Gasteiger partial charge < -0.3 is 14.9 Å². The average Bonchev–Trinajstić information content (AvgIpc) is 3.00. The summed E-state index contributed by atoms with van der Waals surface area (Å²) in [6, 6.07) is 1.89. The molecule has 2 aliphatic rings. The van der Waals surface area contributed by atoms with E-state index in [9.17, 15) is 13.2 Å². The van der Waals surface area contributed by atoms with Crippen LogP contribution in [0.4, 0.5) is 19.1 Å². The van der Waals surface area contributed by atoms with Gasteiger partial charge in [0.15, 0.2) is 0 Å². The molecule has 0 spiro atoms. The second kappa shape index (κ2) is 8.66. The molecule has 1 saturated carbocycles. The van der Waals surface area contributed by atoms with E-state index < -0.39 is 12.1 Å². The molecule has 0 aromatic carbocycles. The van der Waals surface area contributed by atoms with Crippen molar-refractivity contribution in [1.29, 1.82) is 0 Å². The molecule has 2 fully saturated rings. The smallest absolute Gasteiger partial charge is 0.475 e. The molecule has 3 rings (SSSR count). The number of aromatic nitrogens is 2. The number of rotatable bonds is 3. The molecule has 0 radical (unpaired) electrons. The molecule has 0 amide bonds. The molecule has 6 nitrogen and oxygen atoms in total. The molecule has 26 heavy (non-hydrogen) atoms. The van der Waals surface area contributed by atoms with Crippen LogP contribution in [0.2, 0.25) is 0 Å². The molecule has 3 atom stereocenters. The van der Waals surface area contributed by atoms with Crippen LogP contribution in [0.5, 0.6) is 0 Å². The Kier molecular flexibility index (Phi) is 6.80. The largest absolute Gasteiger partial charge is 0.490 e. The van der Waals surface area contributed by atoms with Crippen LogP contribution in [0.1, 0.15) is 19.3 Å². The SMILES string of the molecule is CN(C)C[C@@H]1CCC[C@@H]2CN(c3ncccn3)C[C@@H]21.O=C(O)C(F)(F)F. The van der Waals surface area contributed by atoms with E-state index in [1.54, 1.807) is 0 Å². The number of nitrogens with zero attached hydrogens (tertiary/aromatic N) is 4. The number of anilines is 1. The third-order valence-electron chi connectivity index (χ3n) is 4.92. The Morgan fingerprint density at radius 1 is 1.27 bits per heavy atom. The van der Waals surface area contributed by atoms with Gasteiger partial charge in [-0.25, -0.2) is 14.8 Å². The summed E-state index contributed by atoms with van der Waals surface area (Å²) in [5.41, 5.74) is 0. The van der Waals surface area contributed by atoms with Crippen molar-refractivity contribution in [3.8, 4) is 0 Å². The van der Waals surface area contributed by atoms with Gasteiger partial charge in [-0.3, -0.25) is 0 Å². The third-order valence-corrected chi connectivity index (χ3v) is 4.92. The van der Waals surface area contributed by atoms with Gasteiger partial charge in [-0.05, 0) is 50.8 Å². The summed E-state index contributed by atoms with van der Waals surface area (Å²) in [5, 5.41) is 7.12. The Balaban J connectivity index is 0.000000298. The molecule has 1 aromatic heterocycles. The maximum absolute atomic E-state index is 10.6. The molecule has 1 aliphatic carbocycles. The quantitative estimate of drug-likeness (QED) is 0.877. The summed E-state index contributed by atoms with van der Waals surface area (Å²) in [5.74, 6) is 0.693. The van der Waals surface area contributed by atoms with E-state index in [0.717, 1.165) is 36.8 Å². The maximum Gasteiger partial charge on any atom is 0.490 e. The summed E-state index contributed by atoms with van der Waals surface area (Å²) in [4.78, 5) is 22.4. The zero-order valence-corrected chi connectivity index (χ0v) is 15.0. The van der Waals surface area contributed by atoms with Crippen LogP contribution in [0.3, 0.4) is 0 Å². The Hall–Kier alpha value is -1.90. The van der Waals surface area contributed by atoms with Crippen LogP contribution in [0.15, 0.2) is 18.5 Å². The van der Waals surface area contributed by atoms with E-state index in [-0.39, 0.29) is 0 Å². The first kappa shape index (κ1) is 20.4. The first-order valence-electron chi connectivity index (χ1n) is 8.65. The molecule has 1 aliphatic heterocycles. The summed E-state index contributed by atoms with van der Waals surface area (Å²) in [6.45, 7) is 3.52. The van der Waals surface area contributed by atoms with E-state index in [1.807, 2.05) is 18.5 Å². The molecule has 0 bridgehead atoms. The van der Waals surface area contributed by atoms with Crippen LogP contribution in [-0.2, 0) is 4.79 Å². The highest BCUT2D eigenvalue weighted by Crippen LogP contribution is 2.41. The zero-order chi connectivity index (χ0) is 19.3. The van der Waals surface area contributed by atoms with Gasteiger partial charge in [0.05, 0.1) is 0 Å². The minimum Gasteiger partial charge on any atom is -0.475 e. The first-order chi connectivity index (χ1) is 12.2. The highest BCUT2D eigenvalue weighted by atomic mass is 19.4. The second-order valence-electron chi connectivity index (χ2n) is 7.13. The van der Waals surface area contributed by atoms with Crippen LogP contribution in [0, 0.1) is 17.8 Å². The molecular formula is C17H25F3N4O2. The summed E-state index contributed by atoms with van der Waals surface area (Å²) >= 11 is 0. The fraction of sp³-hybridized carbons (Fsp3) is 0.706. The second-order valence-corrected chi connectivity index (χ2v) is 7.13. The number of alkyl halides is 3. The zero-order valence-electron chi connectivity index (χ0n) is 15.0. The van der Waals surface area contributed by atoms with Crippen molar-refractivity contribution in [1.82, 2.24) is 14.9 Å². The molecule has 146 valence electrons. The lowest BCUT2D eigenvalue weighted by Crippen LogP contribution is -2.34. The molecular weight excluding hydrogens is 349 g/mol. The fourth-order valence-corrected chi connectivity index (χ4v) is 3.91. The Bertz CT molecular complexity index is 583. The molecule has 0 unspecified atom stereocenters. The predicted molar refractivity (Wildman–Crippen MR) is 90.8 cm³/mol. The average molecular weight is 374 g/mol. The number of aliphatic carboxylic acids is 1. The summed E-state index contributed by atoms with van der Waals surface area (Å²) in [6.07, 6.45) is 2.78. The Morgan fingerprint density at radius 3 is 2.42 bits per heavy atom. The Morgan fingerprint density at radius 2 is 1.88 bits per heavy atom. The van der Waals surface area contributed by atoms with Crippen molar-refractivity contribution in [3.05, 3.63) is 18.5 Å². The highest BCUT2D eigenvalue weighted by Gasteiger charge is 2.41. The number of carbonyl (C=O) groups is 1. The van der Waals surface area contributed by atoms with Crippen molar-refractivity contribution >= 4 is 11.9 Å². The van der Waals surface area contributed by atoms with Gasteiger partial charge in [0.1, 0.15) is 0 Å². The van der Waals surface area contributed by atoms with E-state index in [2.05, 4.69) is 33.9 Å². The minimum absolute atomic E-state index is 0.833. The van der Waals surface area contributed by atoms with Crippen LogP contribution in [-0.4, -0.2) is 65.8 Å². The number of carboxylic acid groups (broad SMARTS) is 1. The third kappa shape index (κ3) is 5.55. The standard InChI is InChI=1S/C15H24N4.C2HF3O2/c1-18(2)9-12-5-3-6-13-10-19(11-14(12)13)15-16-7-4-8-17-15;3-2(4,5)1(6)7/h4,7-8,12-14H,3,5-6,9-11H2,1-2H3;(H,6,7)/t12-,13+,14+;/m0./s1. The molecule has 1 aromatic rings. The van der Waals surface area contributed by atoms with Gasteiger partial charge >= 0.3 is 12.1 Å². The van der Waals surface area contributed by atoms with Crippen molar-refractivity contribution in [2.24, 2.45) is 17.8 Å². The van der Waals surface area contributed by atoms with Crippen LogP contribution < -0.4 is 4.90 Å². The molecule has 9 heteroatoms. The highest BCUT2D eigenvalue weighted by molar-refractivity contribution is 5.73. The van der Waals surface area contributed by atoms with Gasteiger partial charge in [0, 0.05) is 32.0 Å². The first-order valence-corrected chi connectivity index (χ1v) is 8.65. The van der Waals surface area contributed by atoms with Crippen LogP contribution >= 0.6 is 0 Å². The summed E-state index contributed by atoms with van der Waals surface area (Å²) in [7, 11) is 4.38. The summed E-state index contributed by atoms with van der Waals surface area (Å²) < 4.78 is 31.7. The topological polar surface area (TPSA) is 69.6 Å². The molecule has 1 N–H and O–H groups in total. The van der Waals surface area contributed by atoms with Gasteiger partial charge in [0.25, 0.3) is 0 Å². The van der Waals surface area contributed by atoms with E-state index >= 15 is 0 Å². The molecule has 1 saturated heterocycles.